The topological polar surface area (TPSA) is 102 Å². The maximum Gasteiger partial charge on any atom is 0.288 e. The summed E-state index contributed by atoms with van der Waals surface area (Å²) in [5.41, 5.74) is 1.16. The van der Waals surface area contributed by atoms with E-state index >= 15 is 0 Å². The first-order chi connectivity index (χ1) is 17.4. The number of carbonyl (C=O) groups is 2. The predicted octanol–water partition coefficient (Wildman–Crippen LogP) is 5.09. The van der Waals surface area contributed by atoms with Crippen molar-refractivity contribution >= 4 is 40.5 Å². The number of hydroxylamine groups is 1. The van der Waals surface area contributed by atoms with Crippen molar-refractivity contribution in [2.45, 2.75) is 25.5 Å². The van der Waals surface area contributed by atoms with Gasteiger partial charge in [-0.25, -0.2) is 9.96 Å². The number of hydrogen-bond acceptors (Lipinski definition) is 7. The number of nitro benzene ring substituents is 1. The smallest absolute Gasteiger partial charge is 0.288 e. The third-order valence-electron chi connectivity index (χ3n) is 6.20. The summed E-state index contributed by atoms with van der Waals surface area (Å²) in [5.74, 6) is -1.24. The Labute approximate surface area is 211 Å². The lowest BCUT2D eigenvalue weighted by molar-refractivity contribution is -0.384. The summed E-state index contributed by atoms with van der Waals surface area (Å²) in [6, 6.07) is 19.3. The molecule has 2 saturated heterocycles. The van der Waals surface area contributed by atoms with Crippen molar-refractivity contribution < 1.29 is 24.1 Å². The van der Waals surface area contributed by atoms with Gasteiger partial charge in [0.1, 0.15) is 16.7 Å². The highest BCUT2D eigenvalue weighted by Gasteiger charge is 2.60. The van der Waals surface area contributed by atoms with Gasteiger partial charge in [-0.2, -0.15) is 0 Å². The Bertz CT molecular complexity index is 1320. The first-order valence-electron chi connectivity index (χ1n) is 11.5. The lowest BCUT2D eigenvalue weighted by atomic mass is 9.90. The number of fused-ring (bicyclic) bond motifs is 1. The number of imide groups is 1. The van der Waals surface area contributed by atoms with Crippen LogP contribution in [0.25, 0.3) is 0 Å². The number of benzene rings is 3. The maximum absolute atomic E-state index is 13.7. The van der Waals surface area contributed by atoms with Crippen molar-refractivity contribution in [3.05, 3.63) is 93.5 Å². The Kier molecular flexibility index (Phi) is 6.34. The average molecular weight is 508 g/mol. The van der Waals surface area contributed by atoms with Gasteiger partial charge in [0.15, 0.2) is 6.10 Å². The number of nitro groups is 1. The number of para-hydroxylation sites is 1. The molecule has 2 aliphatic heterocycles. The first kappa shape index (κ1) is 23.8. The zero-order chi connectivity index (χ0) is 25.4. The number of nitrogens with zero attached hydrogens (tertiary/aromatic N) is 3. The fraction of sp³-hybridized carbons (Fsp3) is 0.231. The average Bonchev–Trinajstić information content (AvgIpc) is 3.39. The first-order valence-corrected chi connectivity index (χ1v) is 11.8. The van der Waals surface area contributed by atoms with Gasteiger partial charge in [0.05, 0.1) is 28.9 Å². The van der Waals surface area contributed by atoms with Crippen LogP contribution < -0.4 is 14.7 Å². The molecule has 0 unspecified atom stereocenters. The molecule has 0 saturated carbocycles. The van der Waals surface area contributed by atoms with Crippen LogP contribution in [0.5, 0.6) is 5.75 Å². The Hall–Kier alpha value is -3.95. The van der Waals surface area contributed by atoms with Crippen LogP contribution in [0, 0.1) is 16.0 Å². The van der Waals surface area contributed by atoms with Crippen LogP contribution in [-0.2, 0) is 14.4 Å². The Morgan fingerprint density at radius 3 is 2.39 bits per heavy atom. The Morgan fingerprint density at radius 1 is 1.00 bits per heavy atom. The predicted molar refractivity (Wildman–Crippen MR) is 133 cm³/mol. The summed E-state index contributed by atoms with van der Waals surface area (Å²) in [5, 5.41) is 13.0. The van der Waals surface area contributed by atoms with E-state index in [1.807, 2.05) is 13.0 Å². The van der Waals surface area contributed by atoms with Gasteiger partial charge in [0, 0.05) is 6.07 Å². The van der Waals surface area contributed by atoms with Crippen molar-refractivity contribution in [1.29, 1.82) is 0 Å². The molecule has 5 rings (SSSR count). The van der Waals surface area contributed by atoms with Crippen LogP contribution in [0.15, 0.2) is 72.8 Å². The molecule has 2 heterocycles. The lowest BCUT2D eigenvalue weighted by Gasteiger charge is -2.28. The second kappa shape index (κ2) is 9.60. The minimum absolute atomic E-state index is 0.0219. The van der Waals surface area contributed by atoms with Crippen molar-refractivity contribution in [3.63, 3.8) is 0 Å². The molecule has 2 aliphatic rings. The van der Waals surface area contributed by atoms with Gasteiger partial charge >= 0.3 is 0 Å². The number of rotatable bonds is 7. The molecule has 0 aliphatic carbocycles. The largest absolute Gasteiger partial charge is 0.494 e. The van der Waals surface area contributed by atoms with Gasteiger partial charge in [0.25, 0.3) is 11.6 Å². The zero-order valence-corrected chi connectivity index (χ0v) is 20.0. The second-order valence-electron chi connectivity index (χ2n) is 8.48. The number of amides is 2. The van der Waals surface area contributed by atoms with E-state index in [4.69, 9.17) is 21.2 Å². The van der Waals surface area contributed by atoms with E-state index in [9.17, 15) is 19.7 Å². The SMILES string of the molecule is CCCOc1ccc(N2C(=O)[C@@H]3[C@H](ON(c4ccccc4)[C@H]3c3ccc(Cl)c([N+](=O)[O-])c3)C2=O)cc1. The van der Waals surface area contributed by atoms with Gasteiger partial charge in [-0.1, -0.05) is 42.8 Å². The van der Waals surface area contributed by atoms with Crippen LogP contribution in [0.4, 0.5) is 17.1 Å². The second-order valence-corrected chi connectivity index (χ2v) is 8.89. The fourth-order valence-corrected chi connectivity index (χ4v) is 4.76. The van der Waals surface area contributed by atoms with Gasteiger partial charge in [0.2, 0.25) is 5.91 Å². The quantitative estimate of drug-likeness (QED) is 0.249. The summed E-state index contributed by atoms with van der Waals surface area (Å²) >= 11 is 6.04. The molecule has 9 nitrogen and oxygen atoms in total. The lowest BCUT2D eigenvalue weighted by Crippen LogP contribution is -2.37. The summed E-state index contributed by atoms with van der Waals surface area (Å²) in [4.78, 5) is 45.3. The number of hydrogen-bond donors (Lipinski definition) is 0. The van der Waals surface area contributed by atoms with Crippen molar-refractivity contribution in [2.24, 2.45) is 5.92 Å². The number of carbonyl (C=O) groups excluding carboxylic acids is 2. The summed E-state index contributed by atoms with van der Waals surface area (Å²) in [6.45, 7) is 2.56. The number of halogens is 1. The van der Waals surface area contributed by atoms with Crippen molar-refractivity contribution in [1.82, 2.24) is 0 Å². The molecule has 3 aromatic carbocycles. The molecule has 36 heavy (non-hydrogen) atoms. The third kappa shape index (κ3) is 4.06. The molecule has 184 valence electrons. The molecule has 0 aromatic heterocycles. The highest BCUT2D eigenvalue weighted by atomic mass is 35.5. The van der Waals surface area contributed by atoms with Gasteiger partial charge in [-0.15, -0.1) is 0 Å². The van der Waals surface area contributed by atoms with Crippen molar-refractivity contribution in [3.8, 4) is 5.75 Å². The molecule has 2 fully saturated rings. The number of ether oxygens (including phenoxy) is 1. The van der Waals surface area contributed by atoms with E-state index in [2.05, 4.69) is 0 Å². The van der Waals surface area contributed by atoms with E-state index in [0.29, 0.717) is 29.3 Å². The molecule has 3 atom stereocenters. The monoisotopic (exact) mass is 507 g/mol. The van der Waals surface area contributed by atoms with Crippen LogP contribution in [0.2, 0.25) is 5.02 Å². The van der Waals surface area contributed by atoms with Crippen molar-refractivity contribution in [2.75, 3.05) is 16.6 Å². The minimum Gasteiger partial charge on any atom is -0.494 e. The summed E-state index contributed by atoms with van der Waals surface area (Å²) in [6.07, 6.45) is -0.235. The molecule has 10 heteroatoms. The van der Waals surface area contributed by atoms with Crippen LogP contribution in [0.1, 0.15) is 24.9 Å². The molecular weight excluding hydrogens is 486 g/mol. The fourth-order valence-electron chi connectivity index (χ4n) is 4.57. The molecule has 0 spiro atoms. The standard InChI is InChI=1S/C26H22ClN3O6/c1-2-14-35-19-11-9-17(10-12-19)28-25(31)22-23(16-8-13-20(27)21(15-16)30(33)34)29(36-24(22)26(28)32)18-6-4-3-5-7-18/h3-13,15,22-24H,2,14H2,1H3/t22-,23-,24-/m0/s1. The van der Waals surface area contributed by atoms with Gasteiger partial charge in [-0.05, 0) is 54.4 Å². The minimum atomic E-state index is -1.09. The normalized spacial score (nSPS) is 21.1. The van der Waals surface area contributed by atoms with E-state index in [1.165, 1.54) is 17.2 Å². The maximum atomic E-state index is 13.7. The van der Waals surface area contributed by atoms with E-state index in [0.717, 1.165) is 11.3 Å². The van der Waals surface area contributed by atoms with Gasteiger partial charge in [-0.3, -0.25) is 24.5 Å². The number of anilines is 2. The molecular formula is C26H22ClN3O6. The zero-order valence-electron chi connectivity index (χ0n) is 19.2. The van der Waals surface area contributed by atoms with Crippen LogP contribution >= 0.6 is 11.6 Å². The Morgan fingerprint density at radius 2 is 1.72 bits per heavy atom. The summed E-state index contributed by atoms with van der Waals surface area (Å²) < 4.78 is 5.59. The molecule has 0 N–H and O–H groups in total. The highest BCUT2D eigenvalue weighted by molar-refractivity contribution is 6.32. The summed E-state index contributed by atoms with van der Waals surface area (Å²) in [7, 11) is 0. The van der Waals surface area contributed by atoms with E-state index < -0.39 is 34.8 Å². The third-order valence-corrected chi connectivity index (χ3v) is 6.52. The van der Waals surface area contributed by atoms with Crippen LogP contribution in [-0.4, -0.2) is 29.4 Å². The molecule has 0 radical (unpaired) electrons. The Balaban J connectivity index is 1.54. The highest BCUT2D eigenvalue weighted by Crippen LogP contribution is 2.48. The molecule has 2 amide bonds. The molecule has 0 bridgehead atoms. The van der Waals surface area contributed by atoms with Crippen LogP contribution in [0.3, 0.4) is 0 Å². The van der Waals surface area contributed by atoms with E-state index in [1.54, 1.807) is 54.6 Å². The van der Waals surface area contributed by atoms with Gasteiger partial charge < -0.3 is 4.74 Å². The van der Waals surface area contributed by atoms with E-state index in [-0.39, 0.29) is 10.7 Å². The molecule has 3 aromatic rings.